The molecule has 2 rings (SSSR count). The number of hydrogen-bond donors (Lipinski definition) is 1. The summed E-state index contributed by atoms with van der Waals surface area (Å²) in [6.07, 6.45) is 0. The molecular weight excluding hydrogens is 444 g/mol. The summed E-state index contributed by atoms with van der Waals surface area (Å²) in [6.45, 7) is 6.89. The largest absolute Gasteiger partial charge is 0.306 e. The standard InChI is InChI=1S/C17H18BrFIN/c1-4-21-17(14-9-12(18)5-6-15(14)20)16-10(2)7-13(19)8-11(16)3/h5-9,17,21H,4H2,1-3H3. The third-order valence-electron chi connectivity index (χ3n) is 3.52. The fourth-order valence-electron chi connectivity index (χ4n) is 2.68. The SMILES string of the molecule is CCNC(c1cc(Br)ccc1I)c1c(C)cc(F)cc1C. The van der Waals surface area contributed by atoms with Gasteiger partial charge in [-0.2, -0.15) is 0 Å². The minimum absolute atomic E-state index is 0.0694. The molecule has 0 saturated carbocycles. The molecule has 0 aliphatic rings. The first kappa shape index (κ1) is 16.9. The average molecular weight is 462 g/mol. The Balaban J connectivity index is 2.61. The number of nitrogens with one attached hydrogen (secondary N) is 1. The molecule has 4 heteroatoms. The Morgan fingerprint density at radius 1 is 1.19 bits per heavy atom. The van der Waals surface area contributed by atoms with Gasteiger partial charge in [0.25, 0.3) is 0 Å². The highest BCUT2D eigenvalue weighted by molar-refractivity contribution is 14.1. The van der Waals surface area contributed by atoms with Crippen molar-refractivity contribution >= 4 is 38.5 Å². The van der Waals surface area contributed by atoms with E-state index in [4.69, 9.17) is 0 Å². The van der Waals surface area contributed by atoms with Gasteiger partial charge in [0.15, 0.2) is 0 Å². The Morgan fingerprint density at radius 3 is 2.38 bits per heavy atom. The molecule has 21 heavy (non-hydrogen) atoms. The van der Waals surface area contributed by atoms with Crippen molar-refractivity contribution in [2.45, 2.75) is 26.8 Å². The van der Waals surface area contributed by atoms with Gasteiger partial charge in [-0.15, -0.1) is 0 Å². The molecule has 0 radical (unpaired) electrons. The van der Waals surface area contributed by atoms with E-state index < -0.39 is 0 Å². The van der Waals surface area contributed by atoms with Crippen LogP contribution in [0.1, 0.15) is 35.2 Å². The minimum Gasteiger partial charge on any atom is -0.306 e. The van der Waals surface area contributed by atoms with Gasteiger partial charge in [-0.05, 0) is 95.6 Å². The van der Waals surface area contributed by atoms with Crippen molar-refractivity contribution in [3.05, 3.63) is 66.4 Å². The maximum atomic E-state index is 13.6. The third kappa shape index (κ3) is 3.85. The van der Waals surface area contributed by atoms with E-state index in [0.717, 1.165) is 27.7 Å². The first-order valence-electron chi connectivity index (χ1n) is 6.89. The van der Waals surface area contributed by atoms with Gasteiger partial charge < -0.3 is 5.32 Å². The fourth-order valence-corrected chi connectivity index (χ4v) is 3.71. The number of benzene rings is 2. The van der Waals surface area contributed by atoms with Gasteiger partial charge in [0.2, 0.25) is 0 Å². The lowest BCUT2D eigenvalue weighted by molar-refractivity contribution is 0.605. The Labute approximate surface area is 147 Å². The molecule has 1 atom stereocenters. The summed E-state index contributed by atoms with van der Waals surface area (Å²) >= 11 is 5.90. The van der Waals surface area contributed by atoms with Crippen LogP contribution >= 0.6 is 38.5 Å². The molecule has 1 unspecified atom stereocenters. The van der Waals surface area contributed by atoms with Crippen LogP contribution in [0.3, 0.4) is 0 Å². The van der Waals surface area contributed by atoms with E-state index in [0.29, 0.717) is 0 Å². The molecule has 2 aromatic rings. The van der Waals surface area contributed by atoms with E-state index in [1.807, 2.05) is 19.9 Å². The molecule has 112 valence electrons. The van der Waals surface area contributed by atoms with Crippen molar-refractivity contribution in [1.82, 2.24) is 5.32 Å². The van der Waals surface area contributed by atoms with Gasteiger partial charge in [0.1, 0.15) is 5.82 Å². The van der Waals surface area contributed by atoms with Crippen molar-refractivity contribution in [3.63, 3.8) is 0 Å². The second kappa shape index (κ2) is 7.20. The quantitative estimate of drug-likeness (QED) is 0.592. The van der Waals surface area contributed by atoms with Gasteiger partial charge in [0.05, 0.1) is 6.04 Å². The third-order valence-corrected chi connectivity index (χ3v) is 5.00. The molecule has 0 saturated heterocycles. The first-order valence-corrected chi connectivity index (χ1v) is 8.76. The van der Waals surface area contributed by atoms with Crippen LogP contribution < -0.4 is 5.32 Å². The molecule has 0 aliphatic heterocycles. The highest BCUT2D eigenvalue weighted by atomic mass is 127. The maximum Gasteiger partial charge on any atom is 0.123 e. The van der Waals surface area contributed by atoms with Crippen LogP contribution in [0.2, 0.25) is 0 Å². The van der Waals surface area contributed by atoms with Gasteiger partial charge >= 0.3 is 0 Å². The second-order valence-electron chi connectivity index (χ2n) is 5.11. The summed E-state index contributed by atoms with van der Waals surface area (Å²) in [6, 6.07) is 9.56. The normalized spacial score (nSPS) is 12.5. The van der Waals surface area contributed by atoms with Crippen molar-refractivity contribution < 1.29 is 4.39 Å². The molecular formula is C17H18BrFIN. The van der Waals surface area contributed by atoms with Crippen molar-refractivity contribution in [2.75, 3.05) is 6.54 Å². The fraction of sp³-hybridized carbons (Fsp3) is 0.294. The van der Waals surface area contributed by atoms with Crippen molar-refractivity contribution in [3.8, 4) is 0 Å². The lowest BCUT2D eigenvalue weighted by Gasteiger charge is -2.24. The Bertz CT molecular complexity index is 634. The Morgan fingerprint density at radius 2 is 1.81 bits per heavy atom. The van der Waals surface area contributed by atoms with Crippen LogP contribution in [0, 0.1) is 23.2 Å². The van der Waals surface area contributed by atoms with Gasteiger partial charge in [-0.1, -0.05) is 22.9 Å². The van der Waals surface area contributed by atoms with E-state index in [9.17, 15) is 4.39 Å². The highest BCUT2D eigenvalue weighted by Gasteiger charge is 2.20. The Kier molecular flexibility index (Phi) is 5.80. The number of hydrogen-bond acceptors (Lipinski definition) is 1. The zero-order chi connectivity index (χ0) is 15.6. The van der Waals surface area contributed by atoms with E-state index >= 15 is 0 Å². The van der Waals surface area contributed by atoms with Crippen LogP contribution in [0.5, 0.6) is 0 Å². The predicted octanol–water partition coefficient (Wildman–Crippen LogP) is 5.51. The predicted molar refractivity (Wildman–Crippen MR) is 98.3 cm³/mol. The molecule has 2 aromatic carbocycles. The lowest BCUT2D eigenvalue weighted by Crippen LogP contribution is -2.24. The maximum absolute atomic E-state index is 13.6. The average Bonchev–Trinajstić information content (AvgIpc) is 2.39. The molecule has 1 N–H and O–H groups in total. The van der Waals surface area contributed by atoms with Gasteiger partial charge in [-0.25, -0.2) is 4.39 Å². The zero-order valence-electron chi connectivity index (χ0n) is 12.3. The molecule has 0 bridgehead atoms. The monoisotopic (exact) mass is 461 g/mol. The van der Waals surface area contributed by atoms with Crippen LogP contribution in [0.4, 0.5) is 4.39 Å². The van der Waals surface area contributed by atoms with Crippen LogP contribution in [-0.4, -0.2) is 6.54 Å². The second-order valence-corrected chi connectivity index (χ2v) is 7.19. The molecule has 0 fully saturated rings. The summed E-state index contributed by atoms with van der Waals surface area (Å²) in [4.78, 5) is 0. The summed E-state index contributed by atoms with van der Waals surface area (Å²) in [5.41, 5.74) is 4.34. The molecule has 0 spiro atoms. The summed E-state index contributed by atoms with van der Waals surface area (Å²) in [7, 11) is 0. The van der Waals surface area contributed by atoms with Crippen LogP contribution in [0.25, 0.3) is 0 Å². The molecule has 1 nitrogen and oxygen atoms in total. The summed E-state index contributed by atoms with van der Waals surface area (Å²) in [5.74, 6) is -0.173. The smallest absolute Gasteiger partial charge is 0.123 e. The summed E-state index contributed by atoms with van der Waals surface area (Å²) < 4.78 is 15.8. The van der Waals surface area contributed by atoms with E-state index in [-0.39, 0.29) is 11.9 Å². The molecule has 0 aromatic heterocycles. The number of rotatable bonds is 4. The summed E-state index contributed by atoms with van der Waals surface area (Å²) in [5, 5.41) is 3.54. The molecule has 0 heterocycles. The van der Waals surface area contributed by atoms with Crippen LogP contribution in [0.15, 0.2) is 34.8 Å². The first-order chi connectivity index (χ1) is 9.93. The van der Waals surface area contributed by atoms with Gasteiger partial charge in [-0.3, -0.25) is 0 Å². The Hall–Kier alpha value is -0.460. The highest BCUT2D eigenvalue weighted by Crippen LogP contribution is 2.32. The van der Waals surface area contributed by atoms with Gasteiger partial charge in [0, 0.05) is 8.04 Å². The van der Waals surface area contributed by atoms with Crippen molar-refractivity contribution in [1.29, 1.82) is 0 Å². The topological polar surface area (TPSA) is 12.0 Å². The van der Waals surface area contributed by atoms with E-state index in [1.165, 1.54) is 9.13 Å². The number of aryl methyl sites for hydroxylation is 2. The number of halogens is 3. The molecule has 0 amide bonds. The minimum atomic E-state index is -0.173. The molecule has 0 aliphatic carbocycles. The van der Waals surface area contributed by atoms with E-state index in [1.54, 1.807) is 12.1 Å². The lowest BCUT2D eigenvalue weighted by atomic mass is 9.91. The van der Waals surface area contributed by atoms with E-state index in [2.05, 4.69) is 62.9 Å². The van der Waals surface area contributed by atoms with Crippen molar-refractivity contribution in [2.24, 2.45) is 0 Å². The van der Waals surface area contributed by atoms with Crippen LogP contribution in [-0.2, 0) is 0 Å². The zero-order valence-corrected chi connectivity index (χ0v) is 16.0.